The van der Waals surface area contributed by atoms with E-state index in [1.807, 2.05) is 0 Å². The summed E-state index contributed by atoms with van der Waals surface area (Å²) in [5.41, 5.74) is 8.21. The summed E-state index contributed by atoms with van der Waals surface area (Å²) in [6.07, 6.45) is 2.15. The van der Waals surface area contributed by atoms with Crippen molar-refractivity contribution in [3.05, 3.63) is 76.6 Å². The van der Waals surface area contributed by atoms with Gasteiger partial charge in [-0.3, -0.25) is 9.78 Å². The summed E-state index contributed by atoms with van der Waals surface area (Å²) >= 11 is 0. The number of allylic oxidation sites excluding steroid dienone is 2. The average Bonchev–Trinajstić information content (AvgIpc) is 2.59. The molecule has 0 aliphatic carbocycles. The van der Waals surface area contributed by atoms with Crippen LogP contribution >= 0.6 is 0 Å². The summed E-state index contributed by atoms with van der Waals surface area (Å²) in [5, 5.41) is 9.59. The Hall–Kier alpha value is -2.29. The van der Waals surface area contributed by atoms with Crippen LogP contribution in [0.4, 0.5) is 0 Å². The molecule has 0 aliphatic rings. The summed E-state index contributed by atoms with van der Waals surface area (Å²) in [6.45, 7) is 11.4. The molecule has 0 unspecified atom stereocenters. The first-order chi connectivity index (χ1) is 13.2. The van der Waals surface area contributed by atoms with E-state index < -0.39 is 0 Å². The summed E-state index contributed by atoms with van der Waals surface area (Å²) in [7, 11) is 0. The van der Waals surface area contributed by atoms with E-state index in [4.69, 9.17) is 10.1 Å². The molecule has 3 rings (SSSR count). The molecule has 0 bridgehead atoms. The van der Waals surface area contributed by atoms with Crippen molar-refractivity contribution in [1.29, 1.82) is 0 Å². The van der Waals surface area contributed by atoms with Gasteiger partial charge in [0, 0.05) is 26.2 Å². The van der Waals surface area contributed by atoms with Gasteiger partial charge in [0.1, 0.15) is 0 Å². The third-order valence-electron chi connectivity index (χ3n) is 4.25. The number of hydrogen-bond acceptors (Lipinski definition) is 3. The molecule has 3 nitrogen and oxygen atoms in total. The van der Waals surface area contributed by atoms with Gasteiger partial charge in [0.25, 0.3) is 0 Å². The Morgan fingerprint density at radius 2 is 1.76 bits per heavy atom. The second kappa shape index (κ2) is 11.0. The van der Waals surface area contributed by atoms with Crippen LogP contribution < -0.4 is 0 Å². The predicted octanol–water partition coefficient (Wildman–Crippen LogP) is 6.22. The molecule has 1 N–H and O–H groups in total. The standard InChI is InChI=1S/C20H20N.C5H8O2.Ir/c1-5-16-12-17-9-13(2)6-7-19(17)21-20(16)18-10-14(3)8-15(4)11-18;1-4(6)3-5(2)7;/h6-10,12H,5H2,1-4H3;3,6H,1-2H3;/q-1;;/b;4-3-;. The first-order valence-corrected chi connectivity index (χ1v) is 9.48. The van der Waals surface area contributed by atoms with Gasteiger partial charge in [-0.25, -0.2) is 0 Å². The van der Waals surface area contributed by atoms with Crippen LogP contribution in [0.3, 0.4) is 0 Å². The van der Waals surface area contributed by atoms with Gasteiger partial charge in [-0.1, -0.05) is 44.0 Å². The minimum Gasteiger partial charge on any atom is -0.512 e. The van der Waals surface area contributed by atoms with E-state index in [0.717, 1.165) is 28.8 Å². The number of nitrogens with zero attached hydrogens (tertiary/aromatic N) is 1. The van der Waals surface area contributed by atoms with E-state index in [-0.39, 0.29) is 31.6 Å². The van der Waals surface area contributed by atoms with Crippen molar-refractivity contribution >= 4 is 16.7 Å². The summed E-state index contributed by atoms with van der Waals surface area (Å²) in [4.78, 5) is 14.9. The minimum atomic E-state index is -0.125. The summed E-state index contributed by atoms with van der Waals surface area (Å²) < 4.78 is 0. The summed E-state index contributed by atoms with van der Waals surface area (Å²) in [5.74, 6) is -0.0625. The quantitative estimate of drug-likeness (QED) is 0.233. The van der Waals surface area contributed by atoms with Gasteiger partial charge >= 0.3 is 0 Å². The monoisotopic (exact) mass is 567 g/mol. The molecule has 0 spiro atoms. The Kier molecular flexibility index (Phi) is 9.42. The smallest absolute Gasteiger partial charge is 0.155 e. The van der Waals surface area contributed by atoms with Crippen molar-refractivity contribution in [2.75, 3.05) is 0 Å². The number of aliphatic hydroxyl groups is 1. The molecule has 1 radical (unpaired) electrons. The first-order valence-electron chi connectivity index (χ1n) is 9.48. The van der Waals surface area contributed by atoms with Gasteiger partial charge in [-0.15, -0.1) is 34.9 Å². The zero-order chi connectivity index (χ0) is 20.8. The normalized spacial score (nSPS) is 10.8. The largest absolute Gasteiger partial charge is 0.512 e. The SMILES string of the molecule is CC(=O)/C=C(/C)O.CCc1cc2cc(C)ccc2nc1-c1[c-]c(C)cc(C)c1.[Ir]. The fraction of sp³-hybridized carbons (Fsp3) is 0.280. The van der Waals surface area contributed by atoms with Crippen molar-refractivity contribution in [2.24, 2.45) is 0 Å². The Balaban J connectivity index is 0.000000456. The van der Waals surface area contributed by atoms with Crippen LogP contribution in [0.25, 0.3) is 22.2 Å². The molecule has 155 valence electrons. The Bertz CT molecular complexity index is 1010. The van der Waals surface area contributed by atoms with E-state index in [1.165, 1.54) is 42.0 Å². The fourth-order valence-electron chi connectivity index (χ4n) is 3.16. The van der Waals surface area contributed by atoms with Crippen LogP contribution in [0.2, 0.25) is 0 Å². The Labute approximate surface area is 187 Å². The van der Waals surface area contributed by atoms with Gasteiger partial charge in [0.2, 0.25) is 0 Å². The molecule has 3 aromatic rings. The van der Waals surface area contributed by atoms with Crippen molar-refractivity contribution in [2.45, 2.75) is 48.0 Å². The van der Waals surface area contributed by atoms with E-state index in [9.17, 15) is 4.79 Å². The second-order valence-electron chi connectivity index (χ2n) is 7.20. The molecular weight excluding hydrogens is 538 g/mol. The van der Waals surface area contributed by atoms with Crippen LogP contribution in [-0.4, -0.2) is 15.9 Å². The fourth-order valence-corrected chi connectivity index (χ4v) is 3.16. The number of carbonyl (C=O) groups is 1. The van der Waals surface area contributed by atoms with Crippen LogP contribution in [0, 0.1) is 26.8 Å². The number of rotatable bonds is 3. The predicted molar refractivity (Wildman–Crippen MR) is 117 cm³/mol. The van der Waals surface area contributed by atoms with Gasteiger partial charge in [-0.2, -0.15) is 0 Å². The van der Waals surface area contributed by atoms with Crippen molar-refractivity contribution in [3.63, 3.8) is 0 Å². The maximum Gasteiger partial charge on any atom is 0.155 e. The van der Waals surface area contributed by atoms with E-state index in [0.29, 0.717) is 0 Å². The topological polar surface area (TPSA) is 50.2 Å². The number of hydrogen-bond donors (Lipinski definition) is 1. The van der Waals surface area contributed by atoms with E-state index >= 15 is 0 Å². The molecule has 1 aromatic heterocycles. The number of fused-ring (bicyclic) bond motifs is 1. The molecule has 4 heteroatoms. The first kappa shape index (κ1) is 24.7. The number of aliphatic hydroxyl groups excluding tert-OH is 1. The molecule has 1 heterocycles. The number of benzene rings is 2. The number of pyridine rings is 1. The molecule has 29 heavy (non-hydrogen) atoms. The van der Waals surface area contributed by atoms with Crippen molar-refractivity contribution < 1.29 is 30.0 Å². The molecule has 2 aromatic carbocycles. The Morgan fingerprint density at radius 3 is 2.28 bits per heavy atom. The van der Waals surface area contributed by atoms with Crippen LogP contribution in [0.5, 0.6) is 0 Å². The molecule has 0 saturated carbocycles. The zero-order valence-electron chi connectivity index (χ0n) is 17.9. The maximum absolute atomic E-state index is 10.0. The number of aromatic nitrogens is 1. The second-order valence-corrected chi connectivity index (χ2v) is 7.20. The molecule has 0 aliphatic heterocycles. The van der Waals surface area contributed by atoms with E-state index in [2.05, 4.69) is 70.2 Å². The zero-order valence-corrected chi connectivity index (χ0v) is 20.3. The number of carbonyl (C=O) groups excluding carboxylic acids is 1. The van der Waals surface area contributed by atoms with Gasteiger partial charge in [0.15, 0.2) is 5.78 Å². The molecule has 0 fully saturated rings. The van der Waals surface area contributed by atoms with Crippen molar-refractivity contribution in [1.82, 2.24) is 4.98 Å². The van der Waals surface area contributed by atoms with Crippen LogP contribution in [0.1, 0.15) is 43.0 Å². The third-order valence-corrected chi connectivity index (χ3v) is 4.25. The minimum absolute atomic E-state index is 0. The molecule has 0 amide bonds. The van der Waals surface area contributed by atoms with E-state index in [1.54, 1.807) is 0 Å². The number of ketones is 1. The average molecular weight is 567 g/mol. The van der Waals surface area contributed by atoms with Gasteiger partial charge in [0.05, 0.1) is 11.3 Å². The molecule has 0 atom stereocenters. The third kappa shape index (κ3) is 7.23. The van der Waals surface area contributed by atoms with Crippen LogP contribution in [0.15, 0.2) is 48.2 Å². The number of aryl methyl sites for hydroxylation is 4. The molecular formula is C25H28IrNO2-. The van der Waals surface area contributed by atoms with Crippen molar-refractivity contribution in [3.8, 4) is 11.3 Å². The molecule has 0 saturated heterocycles. The maximum atomic E-state index is 10.0. The van der Waals surface area contributed by atoms with Crippen LogP contribution in [-0.2, 0) is 31.3 Å². The van der Waals surface area contributed by atoms with Gasteiger partial charge in [-0.05, 0) is 50.4 Å². The van der Waals surface area contributed by atoms with Gasteiger partial charge < -0.3 is 5.11 Å². The Morgan fingerprint density at radius 1 is 1.07 bits per heavy atom. The summed E-state index contributed by atoms with van der Waals surface area (Å²) in [6, 6.07) is 16.5.